The van der Waals surface area contributed by atoms with E-state index in [0.717, 1.165) is 26.8 Å². The van der Waals surface area contributed by atoms with Crippen LogP contribution < -0.4 is 9.80 Å². The predicted molar refractivity (Wildman–Crippen MR) is 100 cm³/mol. The minimum absolute atomic E-state index is 0.698. The zero-order chi connectivity index (χ0) is 16.6. The van der Waals surface area contributed by atoms with Crippen LogP contribution >= 0.6 is 23.4 Å². The molecule has 120 valence electrons. The predicted octanol–water partition coefficient (Wildman–Crippen LogP) is 4.50. The minimum atomic E-state index is 0.698. The number of aromatic nitrogens is 2. The van der Waals surface area contributed by atoms with Crippen molar-refractivity contribution in [3.8, 4) is 0 Å². The van der Waals surface area contributed by atoms with Gasteiger partial charge in [0.2, 0.25) is 0 Å². The van der Waals surface area contributed by atoms with E-state index >= 15 is 0 Å². The maximum Gasteiger partial charge on any atom is 0.171 e. The second-order valence-electron chi connectivity index (χ2n) is 5.75. The number of rotatable bonds is 4. The molecule has 0 fully saturated rings. The first-order chi connectivity index (χ1) is 10.9. The van der Waals surface area contributed by atoms with Gasteiger partial charge in [0.1, 0.15) is 0 Å². The number of hydrogen-bond donors (Lipinski definition) is 1. The van der Waals surface area contributed by atoms with Gasteiger partial charge in [-0.3, -0.25) is 0 Å². The van der Waals surface area contributed by atoms with Crippen molar-refractivity contribution in [1.29, 1.82) is 0 Å². The molecule has 4 nitrogen and oxygen atoms in total. The highest BCUT2D eigenvalue weighted by molar-refractivity contribution is 7.99. The van der Waals surface area contributed by atoms with Gasteiger partial charge in [0.15, 0.2) is 5.16 Å². The molecule has 0 unspecified atom stereocenters. The van der Waals surface area contributed by atoms with Gasteiger partial charge in [-0.25, -0.2) is 4.98 Å². The summed E-state index contributed by atoms with van der Waals surface area (Å²) in [4.78, 5) is 13.4. The van der Waals surface area contributed by atoms with Gasteiger partial charge in [-0.15, -0.1) is 0 Å². The zero-order valence-corrected chi connectivity index (χ0v) is 15.2. The second kappa shape index (κ2) is 6.34. The third-order valence-electron chi connectivity index (χ3n) is 3.57. The van der Waals surface area contributed by atoms with Gasteiger partial charge >= 0.3 is 0 Å². The number of nitrogens with one attached hydrogen (secondary N) is 1. The van der Waals surface area contributed by atoms with E-state index in [-0.39, 0.29) is 0 Å². The van der Waals surface area contributed by atoms with E-state index in [4.69, 9.17) is 11.6 Å². The molecule has 2 aromatic carbocycles. The summed E-state index contributed by atoms with van der Waals surface area (Å²) in [6.45, 7) is 0. The minimum Gasteiger partial charge on any atom is -0.378 e. The number of halogens is 1. The summed E-state index contributed by atoms with van der Waals surface area (Å²) in [6.07, 6.45) is 0. The summed E-state index contributed by atoms with van der Waals surface area (Å²) in [6, 6.07) is 12.1. The Labute approximate surface area is 145 Å². The summed E-state index contributed by atoms with van der Waals surface area (Å²) in [7, 11) is 8.19. The number of H-pyrrole nitrogens is 1. The molecule has 0 aliphatic rings. The van der Waals surface area contributed by atoms with Crippen molar-refractivity contribution in [3.05, 3.63) is 41.4 Å². The van der Waals surface area contributed by atoms with Crippen LogP contribution in [0.25, 0.3) is 11.0 Å². The third-order valence-corrected chi connectivity index (χ3v) is 4.74. The second-order valence-corrected chi connectivity index (χ2v) is 7.21. The lowest BCUT2D eigenvalue weighted by Gasteiger charge is -2.20. The monoisotopic (exact) mass is 346 g/mol. The maximum absolute atomic E-state index is 6.04. The molecule has 1 aromatic heterocycles. The quantitative estimate of drug-likeness (QED) is 0.754. The lowest BCUT2D eigenvalue weighted by molar-refractivity contribution is 1.06. The summed E-state index contributed by atoms with van der Waals surface area (Å²) in [5, 5.41) is 1.56. The molecule has 0 spiro atoms. The molecular weight excluding hydrogens is 328 g/mol. The number of aromatic amines is 1. The molecule has 0 bridgehead atoms. The van der Waals surface area contributed by atoms with Crippen LogP contribution in [0.4, 0.5) is 11.4 Å². The van der Waals surface area contributed by atoms with Crippen LogP contribution in [0, 0.1) is 0 Å². The molecule has 0 aliphatic carbocycles. The molecule has 0 amide bonds. The van der Waals surface area contributed by atoms with Gasteiger partial charge in [-0.05, 0) is 48.2 Å². The van der Waals surface area contributed by atoms with Crippen LogP contribution in [-0.4, -0.2) is 38.2 Å². The first-order valence-electron chi connectivity index (χ1n) is 7.26. The standard InChI is InChI=1S/C17H19ClN4S/c1-21(2)12-6-8-15(22(3)4)16(10-12)23-17-19-13-7-5-11(18)9-14(13)20-17/h5-10H,1-4H3,(H,19,20). The van der Waals surface area contributed by atoms with E-state index in [1.165, 1.54) is 5.69 Å². The summed E-state index contributed by atoms with van der Waals surface area (Å²) < 4.78 is 0. The smallest absolute Gasteiger partial charge is 0.171 e. The highest BCUT2D eigenvalue weighted by Gasteiger charge is 2.12. The Morgan fingerprint density at radius 3 is 2.48 bits per heavy atom. The van der Waals surface area contributed by atoms with Gasteiger partial charge in [0.25, 0.3) is 0 Å². The van der Waals surface area contributed by atoms with Crippen LogP contribution in [0.15, 0.2) is 46.5 Å². The lowest BCUT2D eigenvalue weighted by atomic mass is 10.2. The first kappa shape index (κ1) is 16.0. The molecule has 1 heterocycles. The van der Waals surface area contributed by atoms with Crippen LogP contribution in [0.1, 0.15) is 0 Å². The van der Waals surface area contributed by atoms with Gasteiger partial charge in [0, 0.05) is 43.8 Å². The Morgan fingerprint density at radius 2 is 1.78 bits per heavy atom. The first-order valence-corrected chi connectivity index (χ1v) is 8.45. The fourth-order valence-electron chi connectivity index (χ4n) is 2.34. The Kier molecular flexibility index (Phi) is 4.41. The number of anilines is 2. The molecule has 0 saturated heterocycles. The number of hydrogen-bond acceptors (Lipinski definition) is 4. The Hall–Kier alpha value is -1.85. The molecule has 3 rings (SSSR count). The SMILES string of the molecule is CN(C)c1ccc(N(C)C)c(Sc2nc3cc(Cl)ccc3[nH]2)c1. The molecule has 0 aliphatic heterocycles. The van der Waals surface area contributed by atoms with Gasteiger partial charge < -0.3 is 14.8 Å². The molecule has 0 saturated carbocycles. The van der Waals surface area contributed by atoms with E-state index in [9.17, 15) is 0 Å². The van der Waals surface area contributed by atoms with E-state index in [0.29, 0.717) is 5.02 Å². The maximum atomic E-state index is 6.04. The largest absolute Gasteiger partial charge is 0.378 e. The Morgan fingerprint density at radius 1 is 1.00 bits per heavy atom. The van der Waals surface area contributed by atoms with Crippen LogP contribution in [0.3, 0.4) is 0 Å². The van der Waals surface area contributed by atoms with Crippen molar-refractivity contribution in [1.82, 2.24) is 9.97 Å². The highest BCUT2D eigenvalue weighted by atomic mass is 35.5. The molecule has 0 atom stereocenters. The van der Waals surface area contributed by atoms with E-state index in [1.54, 1.807) is 11.8 Å². The van der Waals surface area contributed by atoms with Crippen LogP contribution in [0.5, 0.6) is 0 Å². The van der Waals surface area contributed by atoms with Gasteiger partial charge in [-0.2, -0.15) is 0 Å². The number of imidazole rings is 1. The fourth-order valence-corrected chi connectivity index (χ4v) is 3.55. The molecule has 1 N–H and O–H groups in total. The van der Waals surface area contributed by atoms with Gasteiger partial charge in [0.05, 0.1) is 16.7 Å². The Balaban J connectivity index is 2.00. The number of fused-ring (bicyclic) bond motifs is 1. The highest BCUT2D eigenvalue weighted by Crippen LogP contribution is 2.36. The molecule has 0 radical (unpaired) electrons. The van der Waals surface area contributed by atoms with Crippen LogP contribution in [0.2, 0.25) is 5.02 Å². The summed E-state index contributed by atoms with van der Waals surface area (Å²) in [5.74, 6) is 0. The average molecular weight is 347 g/mol. The van der Waals surface area contributed by atoms with E-state index < -0.39 is 0 Å². The average Bonchev–Trinajstić information content (AvgIpc) is 2.88. The van der Waals surface area contributed by atoms with E-state index in [2.05, 4.69) is 38.0 Å². The van der Waals surface area contributed by atoms with Crippen molar-refractivity contribution in [2.75, 3.05) is 38.0 Å². The molecule has 3 aromatic rings. The van der Waals surface area contributed by atoms with Crippen molar-refractivity contribution in [3.63, 3.8) is 0 Å². The van der Waals surface area contributed by atoms with Crippen molar-refractivity contribution >= 4 is 45.8 Å². The summed E-state index contributed by atoms with van der Waals surface area (Å²) >= 11 is 7.67. The van der Waals surface area contributed by atoms with Crippen molar-refractivity contribution in [2.24, 2.45) is 0 Å². The molecular formula is C17H19ClN4S. The molecule has 23 heavy (non-hydrogen) atoms. The lowest BCUT2D eigenvalue weighted by Crippen LogP contribution is -2.12. The normalized spacial score (nSPS) is 11.0. The number of benzene rings is 2. The van der Waals surface area contributed by atoms with Crippen molar-refractivity contribution in [2.45, 2.75) is 10.1 Å². The topological polar surface area (TPSA) is 35.2 Å². The third kappa shape index (κ3) is 3.41. The molecule has 6 heteroatoms. The number of nitrogens with zero attached hydrogens (tertiary/aromatic N) is 3. The van der Waals surface area contributed by atoms with Crippen molar-refractivity contribution < 1.29 is 0 Å². The van der Waals surface area contributed by atoms with Gasteiger partial charge in [-0.1, -0.05) is 11.6 Å². The van der Waals surface area contributed by atoms with Crippen LogP contribution in [-0.2, 0) is 0 Å². The Bertz CT molecular complexity index is 842. The zero-order valence-electron chi connectivity index (χ0n) is 13.6. The fraction of sp³-hybridized carbons (Fsp3) is 0.235. The van der Waals surface area contributed by atoms with E-state index in [1.807, 2.05) is 46.4 Å². The summed E-state index contributed by atoms with van der Waals surface area (Å²) in [5.41, 5.74) is 4.21.